The van der Waals surface area contributed by atoms with Gasteiger partial charge in [-0.05, 0) is 35.9 Å². The normalized spacial score (nSPS) is 14.7. The summed E-state index contributed by atoms with van der Waals surface area (Å²) in [4.78, 5) is 23.3. The Balaban J connectivity index is 1.31. The molecule has 0 bridgehead atoms. The monoisotopic (exact) mass is 419 g/mol. The van der Waals surface area contributed by atoms with Gasteiger partial charge in [-0.15, -0.1) is 0 Å². The molecule has 0 N–H and O–H groups in total. The number of carbonyl (C=O) groups excluding carboxylic acids is 1. The molecule has 31 heavy (non-hydrogen) atoms. The summed E-state index contributed by atoms with van der Waals surface area (Å²) in [7, 11) is 3.18. The molecule has 1 fully saturated rings. The van der Waals surface area contributed by atoms with Crippen molar-refractivity contribution in [1.82, 2.24) is 14.9 Å². The van der Waals surface area contributed by atoms with Crippen LogP contribution in [0.3, 0.4) is 0 Å². The number of fused-ring (bicyclic) bond motifs is 1. The number of amides is 1. The van der Waals surface area contributed by atoms with Crippen LogP contribution in [0.1, 0.15) is 18.4 Å². The van der Waals surface area contributed by atoms with Crippen LogP contribution in [0.2, 0.25) is 0 Å². The summed E-state index contributed by atoms with van der Waals surface area (Å²) < 4.78 is 16.6. The molecule has 0 saturated carbocycles. The number of rotatable bonds is 6. The summed E-state index contributed by atoms with van der Waals surface area (Å²) in [5.41, 5.74) is 2.53. The van der Waals surface area contributed by atoms with E-state index in [2.05, 4.69) is 9.97 Å². The standard InChI is InChI=1S/C24H25N3O4/c1-29-21-9-7-17(15-22(21)30-2)8-10-24(28)27-13-11-18(12-14-27)31-23-16-25-19-5-3-4-6-20(19)26-23/h3-10,15-16,18H,11-14H2,1-2H3/b10-8+. The van der Waals surface area contributed by atoms with Gasteiger partial charge in [0.2, 0.25) is 11.8 Å². The van der Waals surface area contributed by atoms with Crippen LogP contribution < -0.4 is 14.2 Å². The summed E-state index contributed by atoms with van der Waals surface area (Å²) in [6.45, 7) is 1.28. The van der Waals surface area contributed by atoms with Crippen molar-refractivity contribution in [3.63, 3.8) is 0 Å². The molecule has 2 aromatic carbocycles. The Morgan fingerprint density at radius 1 is 1.03 bits per heavy atom. The van der Waals surface area contributed by atoms with Crippen molar-refractivity contribution >= 4 is 23.0 Å². The summed E-state index contributed by atoms with van der Waals surface area (Å²) in [5, 5.41) is 0. The molecule has 1 aliphatic rings. The minimum atomic E-state index is -0.0151. The highest BCUT2D eigenvalue weighted by atomic mass is 16.5. The number of hydrogen-bond acceptors (Lipinski definition) is 6. The summed E-state index contributed by atoms with van der Waals surface area (Å²) >= 11 is 0. The van der Waals surface area contributed by atoms with Gasteiger partial charge >= 0.3 is 0 Å². The lowest BCUT2D eigenvalue weighted by Gasteiger charge is -2.31. The van der Waals surface area contributed by atoms with Crippen LogP contribution in [-0.2, 0) is 4.79 Å². The highest BCUT2D eigenvalue weighted by Crippen LogP contribution is 2.28. The Morgan fingerprint density at radius 3 is 2.52 bits per heavy atom. The molecule has 0 unspecified atom stereocenters. The smallest absolute Gasteiger partial charge is 0.246 e. The molecule has 7 nitrogen and oxygen atoms in total. The Kier molecular flexibility index (Phi) is 6.31. The fraction of sp³-hybridized carbons (Fsp3) is 0.292. The van der Waals surface area contributed by atoms with E-state index < -0.39 is 0 Å². The number of nitrogens with zero attached hydrogens (tertiary/aromatic N) is 3. The van der Waals surface area contributed by atoms with E-state index in [1.54, 1.807) is 32.6 Å². The lowest BCUT2D eigenvalue weighted by molar-refractivity contribution is -0.127. The highest BCUT2D eigenvalue weighted by Gasteiger charge is 2.23. The SMILES string of the molecule is COc1ccc(/C=C/C(=O)N2CCC(Oc3cnc4ccccc4n3)CC2)cc1OC. The molecule has 4 rings (SSSR count). The zero-order chi connectivity index (χ0) is 21.6. The first-order chi connectivity index (χ1) is 15.2. The van der Waals surface area contributed by atoms with Crippen LogP contribution in [0.4, 0.5) is 0 Å². The van der Waals surface area contributed by atoms with Crippen molar-refractivity contribution < 1.29 is 19.0 Å². The molecule has 3 aromatic rings. The maximum absolute atomic E-state index is 12.6. The van der Waals surface area contributed by atoms with E-state index >= 15 is 0 Å². The first-order valence-electron chi connectivity index (χ1n) is 10.2. The molecule has 1 saturated heterocycles. The van der Waals surface area contributed by atoms with Crippen molar-refractivity contribution in [3.8, 4) is 17.4 Å². The highest BCUT2D eigenvalue weighted by molar-refractivity contribution is 5.92. The molecular formula is C24H25N3O4. The number of para-hydroxylation sites is 2. The van der Waals surface area contributed by atoms with Gasteiger partial charge in [0.15, 0.2) is 11.5 Å². The topological polar surface area (TPSA) is 73.8 Å². The van der Waals surface area contributed by atoms with Gasteiger partial charge in [0.1, 0.15) is 6.10 Å². The summed E-state index contributed by atoms with van der Waals surface area (Å²) in [5.74, 6) is 1.80. The van der Waals surface area contributed by atoms with Gasteiger partial charge in [0, 0.05) is 32.0 Å². The van der Waals surface area contributed by atoms with Crippen LogP contribution in [0.5, 0.6) is 17.4 Å². The lowest BCUT2D eigenvalue weighted by Crippen LogP contribution is -2.41. The maximum atomic E-state index is 12.6. The van der Waals surface area contributed by atoms with Crippen molar-refractivity contribution in [2.75, 3.05) is 27.3 Å². The Bertz CT molecular complexity index is 1090. The average Bonchev–Trinajstić information content (AvgIpc) is 2.82. The zero-order valence-electron chi connectivity index (χ0n) is 17.7. The molecule has 1 amide bonds. The number of ether oxygens (including phenoxy) is 3. The third kappa shape index (κ3) is 4.94. The van der Waals surface area contributed by atoms with Gasteiger partial charge < -0.3 is 19.1 Å². The minimum absolute atomic E-state index is 0.0151. The number of carbonyl (C=O) groups is 1. The third-order valence-corrected chi connectivity index (χ3v) is 5.29. The van der Waals surface area contributed by atoms with E-state index in [-0.39, 0.29) is 12.0 Å². The first-order valence-corrected chi connectivity index (χ1v) is 10.2. The van der Waals surface area contributed by atoms with Crippen LogP contribution in [0.25, 0.3) is 17.1 Å². The molecule has 0 aliphatic carbocycles. The van der Waals surface area contributed by atoms with Gasteiger partial charge in [-0.25, -0.2) is 9.97 Å². The van der Waals surface area contributed by atoms with E-state index in [1.165, 1.54) is 0 Å². The fourth-order valence-corrected chi connectivity index (χ4v) is 3.59. The number of methoxy groups -OCH3 is 2. The van der Waals surface area contributed by atoms with E-state index in [4.69, 9.17) is 14.2 Å². The number of likely N-dealkylation sites (tertiary alicyclic amines) is 1. The Morgan fingerprint density at radius 2 is 1.77 bits per heavy atom. The Labute approximate surface area is 181 Å². The second-order valence-corrected chi connectivity index (χ2v) is 7.29. The molecular weight excluding hydrogens is 394 g/mol. The second kappa shape index (κ2) is 9.47. The van der Waals surface area contributed by atoms with Gasteiger partial charge in [0.25, 0.3) is 0 Å². The number of piperidine rings is 1. The fourth-order valence-electron chi connectivity index (χ4n) is 3.59. The van der Waals surface area contributed by atoms with E-state index in [1.807, 2.05) is 47.4 Å². The molecule has 0 atom stereocenters. The molecule has 1 aliphatic heterocycles. The number of hydrogen-bond donors (Lipinski definition) is 0. The maximum Gasteiger partial charge on any atom is 0.246 e. The summed E-state index contributed by atoms with van der Waals surface area (Å²) in [6, 6.07) is 13.3. The van der Waals surface area contributed by atoms with E-state index in [9.17, 15) is 4.79 Å². The predicted molar refractivity (Wildman–Crippen MR) is 118 cm³/mol. The molecule has 160 valence electrons. The van der Waals surface area contributed by atoms with Crippen molar-refractivity contribution in [2.24, 2.45) is 0 Å². The average molecular weight is 419 g/mol. The van der Waals surface area contributed by atoms with Gasteiger partial charge in [0.05, 0.1) is 31.4 Å². The molecule has 1 aromatic heterocycles. The Hall–Kier alpha value is -3.61. The van der Waals surface area contributed by atoms with Gasteiger partial charge in [-0.2, -0.15) is 0 Å². The molecule has 2 heterocycles. The molecule has 0 radical (unpaired) electrons. The third-order valence-electron chi connectivity index (χ3n) is 5.29. The summed E-state index contributed by atoms with van der Waals surface area (Å²) in [6.07, 6.45) is 6.57. The largest absolute Gasteiger partial charge is 0.493 e. The van der Waals surface area contributed by atoms with Gasteiger partial charge in [-0.3, -0.25) is 4.79 Å². The van der Waals surface area contributed by atoms with Crippen molar-refractivity contribution in [2.45, 2.75) is 18.9 Å². The second-order valence-electron chi connectivity index (χ2n) is 7.29. The van der Waals surface area contributed by atoms with Crippen LogP contribution in [0, 0.1) is 0 Å². The van der Waals surface area contributed by atoms with E-state index in [0.717, 1.165) is 29.4 Å². The molecule has 0 spiro atoms. The van der Waals surface area contributed by atoms with Crippen molar-refractivity contribution in [3.05, 3.63) is 60.3 Å². The first kappa shape index (κ1) is 20.7. The number of benzene rings is 2. The lowest BCUT2D eigenvalue weighted by atomic mass is 10.1. The quantitative estimate of drug-likeness (QED) is 0.567. The van der Waals surface area contributed by atoms with Crippen LogP contribution >= 0.6 is 0 Å². The van der Waals surface area contributed by atoms with Crippen LogP contribution in [0.15, 0.2) is 54.7 Å². The predicted octanol–water partition coefficient (Wildman–Crippen LogP) is 3.73. The van der Waals surface area contributed by atoms with Gasteiger partial charge in [-0.1, -0.05) is 18.2 Å². The minimum Gasteiger partial charge on any atom is -0.493 e. The van der Waals surface area contributed by atoms with Crippen molar-refractivity contribution in [1.29, 1.82) is 0 Å². The van der Waals surface area contributed by atoms with Crippen LogP contribution in [-0.4, -0.2) is 54.2 Å². The zero-order valence-corrected chi connectivity index (χ0v) is 17.7. The molecule has 7 heteroatoms. The number of aromatic nitrogens is 2. The van der Waals surface area contributed by atoms with E-state index in [0.29, 0.717) is 30.5 Å².